The van der Waals surface area contributed by atoms with Gasteiger partial charge in [-0.1, -0.05) is 160 Å². The molecule has 3 heteroatoms. The van der Waals surface area contributed by atoms with E-state index in [9.17, 15) is 0 Å². The van der Waals surface area contributed by atoms with Crippen LogP contribution in [0, 0.1) is 0 Å². The first-order chi connectivity index (χ1) is 26.7. The number of fused-ring (bicyclic) bond motifs is 13. The highest BCUT2D eigenvalue weighted by Crippen LogP contribution is 2.64. The van der Waals surface area contributed by atoms with Crippen LogP contribution < -0.4 is 10.2 Å². The Kier molecular flexibility index (Phi) is 8.28. The fourth-order valence-electron chi connectivity index (χ4n) is 9.06. The molecule has 0 saturated heterocycles. The number of aromatic nitrogens is 1. The van der Waals surface area contributed by atoms with Crippen LogP contribution in [0.2, 0.25) is 0 Å². The van der Waals surface area contributed by atoms with Crippen LogP contribution in [0.1, 0.15) is 48.6 Å². The number of aromatic amines is 1. The molecule has 0 fully saturated rings. The third kappa shape index (κ3) is 4.82. The van der Waals surface area contributed by atoms with Gasteiger partial charge in [-0.05, 0) is 93.4 Å². The van der Waals surface area contributed by atoms with Gasteiger partial charge in [0.1, 0.15) is 6.17 Å². The first kappa shape index (κ1) is 33.3. The van der Waals surface area contributed by atoms with Crippen molar-refractivity contribution in [3.05, 3.63) is 222 Å². The van der Waals surface area contributed by atoms with E-state index < -0.39 is 5.41 Å². The van der Waals surface area contributed by atoms with Crippen LogP contribution >= 0.6 is 0 Å². The van der Waals surface area contributed by atoms with Gasteiger partial charge in [-0.25, -0.2) is 0 Å². The lowest BCUT2D eigenvalue weighted by Crippen LogP contribution is -2.48. The highest BCUT2D eigenvalue weighted by Gasteiger charge is 2.52. The number of H-pyrrole nitrogens is 1. The quantitative estimate of drug-likeness (QED) is 0.175. The first-order valence-electron chi connectivity index (χ1n) is 19.1. The van der Waals surface area contributed by atoms with Crippen molar-refractivity contribution < 1.29 is 0 Å². The summed E-state index contributed by atoms with van der Waals surface area (Å²) in [5.41, 5.74) is 16.4. The van der Waals surface area contributed by atoms with Crippen LogP contribution in [-0.4, -0.2) is 11.1 Å². The smallest absolute Gasteiger partial charge is 0.124 e. The second-order valence-corrected chi connectivity index (χ2v) is 13.8. The molecule has 1 unspecified atom stereocenters. The van der Waals surface area contributed by atoms with Crippen molar-refractivity contribution in [3.8, 4) is 11.1 Å². The zero-order valence-electron chi connectivity index (χ0n) is 31.0. The molecular weight excluding hydrogens is 655 g/mol. The van der Waals surface area contributed by atoms with E-state index in [4.69, 9.17) is 0 Å². The molecule has 1 aliphatic carbocycles. The summed E-state index contributed by atoms with van der Waals surface area (Å²) in [7, 11) is 0. The van der Waals surface area contributed by atoms with Gasteiger partial charge in [0, 0.05) is 38.9 Å². The van der Waals surface area contributed by atoms with Gasteiger partial charge in [0.05, 0.1) is 5.41 Å². The molecule has 6 aromatic carbocycles. The molecular formula is C51H43N3. The maximum Gasteiger partial charge on any atom is 0.124 e. The number of nitrogens with zero attached hydrogens (tertiary/aromatic N) is 1. The topological polar surface area (TPSA) is 31.1 Å². The molecule has 0 bridgehead atoms. The van der Waals surface area contributed by atoms with Gasteiger partial charge in [-0.15, -0.1) is 0 Å². The van der Waals surface area contributed by atoms with Gasteiger partial charge in [0.15, 0.2) is 0 Å². The fourth-order valence-corrected chi connectivity index (χ4v) is 9.06. The fraction of sp³-hybridized carbons (Fsp3) is 0.0980. The number of para-hydroxylation sites is 3. The van der Waals surface area contributed by atoms with E-state index in [1.165, 1.54) is 72.2 Å². The monoisotopic (exact) mass is 697 g/mol. The molecule has 1 atom stereocenters. The zero-order chi connectivity index (χ0) is 36.8. The molecule has 1 spiro atoms. The summed E-state index contributed by atoms with van der Waals surface area (Å²) in [6.45, 7) is 10.2. The first-order valence-corrected chi connectivity index (χ1v) is 19.1. The van der Waals surface area contributed by atoms with Crippen LogP contribution in [0.3, 0.4) is 0 Å². The molecule has 3 aliphatic rings. The highest BCUT2D eigenvalue weighted by molar-refractivity contribution is 6.17. The molecule has 10 rings (SSSR count). The van der Waals surface area contributed by atoms with Gasteiger partial charge < -0.3 is 15.2 Å². The molecule has 3 nitrogen and oxygen atoms in total. The van der Waals surface area contributed by atoms with E-state index in [2.05, 4.69) is 192 Å². The number of rotatable bonds is 5. The van der Waals surface area contributed by atoms with Crippen molar-refractivity contribution in [2.75, 3.05) is 4.90 Å². The third-order valence-corrected chi connectivity index (χ3v) is 11.1. The molecule has 1 aromatic heterocycles. The zero-order valence-corrected chi connectivity index (χ0v) is 31.0. The molecule has 54 heavy (non-hydrogen) atoms. The lowest BCUT2D eigenvalue weighted by molar-refractivity contribution is 0.646. The third-order valence-electron chi connectivity index (χ3n) is 11.1. The van der Waals surface area contributed by atoms with Crippen molar-refractivity contribution in [1.29, 1.82) is 0 Å². The Morgan fingerprint density at radius 3 is 2.06 bits per heavy atom. The SMILES string of the molecule is C=C/C(=C\C=C/C)C1=CC(c2ccccc2)=CC(N2c3ccccc3C3(c4ccccc4-c4c3ccc3[nH]c5ccccc5c43)c3ccccc32)N1.CC. The van der Waals surface area contributed by atoms with E-state index in [-0.39, 0.29) is 6.17 Å². The van der Waals surface area contributed by atoms with Crippen molar-refractivity contribution in [2.45, 2.75) is 32.4 Å². The van der Waals surface area contributed by atoms with Gasteiger partial charge in [-0.3, -0.25) is 0 Å². The number of benzene rings is 6. The molecule has 2 aliphatic heterocycles. The van der Waals surface area contributed by atoms with Gasteiger partial charge >= 0.3 is 0 Å². The Hall–Kier alpha value is -6.58. The summed E-state index contributed by atoms with van der Waals surface area (Å²) >= 11 is 0. The van der Waals surface area contributed by atoms with E-state index in [0.29, 0.717) is 0 Å². The maximum atomic E-state index is 4.21. The summed E-state index contributed by atoms with van der Waals surface area (Å²) in [5.74, 6) is 0. The second kappa shape index (κ2) is 13.4. The Labute approximate surface area is 318 Å². The summed E-state index contributed by atoms with van der Waals surface area (Å²) in [4.78, 5) is 6.23. The normalized spacial score (nSPS) is 16.5. The van der Waals surface area contributed by atoms with E-state index in [1.54, 1.807) is 0 Å². The van der Waals surface area contributed by atoms with Crippen LogP contribution in [0.5, 0.6) is 0 Å². The van der Waals surface area contributed by atoms with E-state index in [1.807, 2.05) is 26.8 Å². The number of hydrogen-bond acceptors (Lipinski definition) is 2. The predicted molar refractivity (Wildman–Crippen MR) is 229 cm³/mol. The van der Waals surface area contributed by atoms with Crippen LogP contribution in [0.4, 0.5) is 11.4 Å². The minimum absolute atomic E-state index is 0.184. The lowest BCUT2D eigenvalue weighted by Gasteiger charge is -2.47. The van der Waals surface area contributed by atoms with Crippen molar-refractivity contribution in [3.63, 3.8) is 0 Å². The van der Waals surface area contributed by atoms with Gasteiger partial charge in [-0.2, -0.15) is 0 Å². The molecule has 7 aromatic rings. The van der Waals surface area contributed by atoms with Crippen LogP contribution in [0.15, 0.2) is 194 Å². The summed E-state index contributed by atoms with van der Waals surface area (Å²) in [6.07, 6.45) is 12.6. The van der Waals surface area contributed by atoms with E-state index >= 15 is 0 Å². The highest BCUT2D eigenvalue weighted by atomic mass is 15.3. The Balaban J connectivity index is 0.00000189. The molecule has 0 amide bonds. The van der Waals surface area contributed by atoms with Gasteiger partial charge in [0.2, 0.25) is 0 Å². The minimum atomic E-state index is -0.514. The summed E-state index contributed by atoms with van der Waals surface area (Å²) < 4.78 is 0. The number of anilines is 2. The van der Waals surface area contributed by atoms with E-state index in [0.717, 1.165) is 16.8 Å². The van der Waals surface area contributed by atoms with Gasteiger partial charge in [0.25, 0.3) is 0 Å². The molecule has 2 N–H and O–H groups in total. The van der Waals surface area contributed by atoms with Crippen LogP contribution in [-0.2, 0) is 5.41 Å². The van der Waals surface area contributed by atoms with Crippen molar-refractivity contribution in [2.24, 2.45) is 0 Å². The number of hydrogen-bond donors (Lipinski definition) is 2. The van der Waals surface area contributed by atoms with Crippen molar-refractivity contribution >= 4 is 38.8 Å². The number of dihydropyridines is 1. The second-order valence-electron chi connectivity index (χ2n) is 13.8. The Morgan fingerprint density at radius 1 is 0.685 bits per heavy atom. The molecule has 3 heterocycles. The average Bonchev–Trinajstić information content (AvgIpc) is 3.76. The Bertz CT molecular complexity index is 2650. The molecule has 262 valence electrons. The minimum Gasteiger partial charge on any atom is -0.361 e. The summed E-state index contributed by atoms with van der Waals surface area (Å²) in [6, 6.07) is 51.2. The maximum absolute atomic E-state index is 4.21. The molecule has 0 radical (unpaired) electrons. The number of nitrogens with one attached hydrogen (secondary N) is 2. The standard InChI is InChI=1S/C49H37N3.C2H6/c1-3-5-17-32(4-2)43-30-34(33-18-7-6-8-19-33)31-46(51-43)52-44-26-15-12-23-38(44)49(39-24-13-16-27-45(39)52)37-22-11-9-20-35(37)47-40(49)28-29-42-48(47)36-21-10-14-25-41(36)50-42;1-2/h3-31,46,50-51H,2H2,1H3;1-2H3/b5-3-,32-17+;. The Morgan fingerprint density at radius 2 is 1.33 bits per heavy atom. The predicted octanol–water partition coefficient (Wildman–Crippen LogP) is 12.7. The molecule has 0 saturated carbocycles. The summed E-state index contributed by atoms with van der Waals surface area (Å²) in [5, 5.41) is 6.50. The largest absolute Gasteiger partial charge is 0.361 e. The average molecular weight is 698 g/mol. The lowest BCUT2D eigenvalue weighted by atomic mass is 9.64. The van der Waals surface area contributed by atoms with Crippen molar-refractivity contribution in [1.82, 2.24) is 10.3 Å². The number of allylic oxidation sites excluding steroid dienone is 6. The van der Waals surface area contributed by atoms with Crippen LogP contribution in [0.25, 0.3) is 38.5 Å².